The second kappa shape index (κ2) is 11.8. The first-order chi connectivity index (χ1) is 17.0. The summed E-state index contributed by atoms with van der Waals surface area (Å²) in [5.74, 6) is -2.36. The molecule has 0 spiro atoms. The molecule has 5 atom stereocenters. The van der Waals surface area contributed by atoms with E-state index >= 15 is 0 Å². The van der Waals surface area contributed by atoms with Crippen molar-refractivity contribution in [3.05, 3.63) is 68.5 Å². The molecule has 2 aromatic rings. The number of nitrogens with zero attached hydrogens (tertiary/aromatic N) is 1. The summed E-state index contributed by atoms with van der Waals surface area (Å²) in [6, 6.07) is 7.35. The van der Waals surface area contributed by atoms with E-state index in [1.54, 1.807) is 5.32 Å². The van der Waals surface area contributed by atoms with Crippen molar-refractivity contribution in [2.75, 3.05) is 13.2 Å². The van der Waals surface area contributed by atoms with Crippen LogP contribution in [0, 0.1) is 6.92 Å². The molecular weight excluding hydrogens is 491 g/mol. The van der Waals surface area contributed by atoms with Crippen molar-refractivity contribution in [1.82, 2.24) is 14.9 Å². The van der Waals surface area contributed by atoms with Gasteiger partial charge in [0.2, 0.25) is 0 Å². The number of H-pyrrole nitrogens is 1. The van der Waals surface area contributed by atoms with Gasteiger partial charge >= 0.3 is 17.8 Å². The molecule has 1 aromatic heterocycles. The fraction of sp³-hybridized carbons (Fsp3) is 0.500. The molecule has 0 unspecified atom stereocenters. The topological polar surface area (TPSA) is 152 Å². The summed E-state index contributed by atoms with van der Waals surface area (Å²) in [5.41, 5.74) is -0.385. The molecule has 0 bridgehead atoms. The zero-order valence-electron chi connectivity index (χ0n) is 19.1. The second-order valence-electron chi connectivity index (χ2n) is 8.15. The van der Waals surface area contributed by atoms with Gasteiger partial charge in [-0.2, -0.15) is 13.2 Å². The van der Waals surface area contributed by atoms with Gasteiger partial charge in [-0.3, -0.25) is 19.1 Å². The standard InChI is InChI=1S/C22H26F3N3O8/c1-12-9-28(21(33)27-18(12)31)10-14-16(29)17(30)15(26-20(32)22(23,24)25)19(36-14)35-8-7-34-11-13-5-3-2-4-6-13/h2-6,9,14-17,19,29-30H,7-8,10-11H2,1H3,(H,26,32)(H,27,31,33)/t14-,15-,16-,17-,19-/m1/s1. The lowest BCUT2D eigenvalue weighted by atomic mass is 9.96. The molecular formula is C22H26F3N3O8. The molecule has 1 aliphatic heterocycles. The number of aromatic nitrogens is 2. The van der Waals surface area contributed by atoms with Crippen LogP contribution in [0.3, 0.4) is 0 Å². The van der Waals surface area contributed by atoms with Gasteiger partial charge in [-0.15, -0.1) is 0 Å². The Kier molecular flexibility index (Phi) is 9.03. The first-order valence-electron chi connectivity index (χ1n) is 10.9. The molecule has 36 heavy (non-hydrogen) atoms. The number of hydrogen-bond donors (Lipinski definition) is 4. The van der Waals surface area contributed by atoms with E-state index in [-0.39, 0.29) is 31.9 Å². The average Bonchev–Trinajstić information content (AvgIpc) is 2.82. The summed E-state index contributed by atoms with van der Waals surface area (Å²) in [5, 5.41) is 22.6. The van der Waals surface area contributed by atoms with Crippen LogP contribution in [-0.4, -0.2) is 75.7 Å². The van der Waals surface area contributed by atoms with E-state index in [0.717, 1.165) is 10.1 Å². The number of aryl methyl sites for hydroxylation is 1. The first kappa shape index (κ1) is 27.5. The number of hydrogen-bond acceptors (Lipinski definition) is 8. The molecule has 1 amide bonds. The minimum atomic E-state index is -5.26. The van der Waals surface area contributed by atoms with Gasteiger partial charge in [0.05, 0.1) is 26.4 Å². The molecule has 1 aromatic carbocycles. The minimum Gasteiger partial charge on any atom is -0.388 e. The zero-order valence-corrected chi connectivity index (χ0v) is 19.1. The molecule has 3 rings (SSSR count). The van der Waals surface area contributed by atoms with Gasteiger partial charge in [0.25, 0.3) is 5.56 Å². The van der Waals surface area contributed by atoms with E-state index in [0.29, 0.717) is 0 Å². The van der Waals surface area contributed by atoms with Crippen molar-refractivity contribution in [2.45, 2.75) is 56.9 Å². The van der Waals surface area contributed by atoms with Crippen LogP contribution >= 0.6 is 0 Å². The van der Waals surface area contributed by atoms with Crippen LogP contribution in [-0.2, 0) is 32.2 Å². The highest BCUT2D eigenvalue weighted by Gasteiger charge is 2.49. The van der Waals surface area contributed by atoms with Gasteiger partial charge in [-0.1, -0.05) is 30.3 Å². The lowest BCUT2D eigenvalue weighted by Crippen LogP contribution is -2.66. The second-order valence-corrected chi connectivity index (χ2v) is 8.15. The molecule has 0 saturated carbocycles. The Morgan fingerprint density at radius 3 is 2.53 bits per heavy atom. The number of carbonyl (C=O) groups is 1. The van der Waals surface area contributed by atoms with Crippen molar-refractivity contribution in [1.29, 1.82) is 0 Å². The number of nitrogens with one attached hydrogen (secondary N) is 2. The molecule has 14 heteroatoms. The van der Waals surface area contributed by atoms with E-state index < -0.39 is 54.0 Å². The Labute approximate surface area is 202 Å². The molecule has 4 N–H and O–H groups in total. The predicted molar refractivity (Wildman–Crippen MR) is 117 cm³/mol. The molecule has 1 saturated heterocycles. The summed E-state index contributed by atoms with van der Waals surface area (Å²) < 4.78 is 56.0. The van der Waals surface area contributed by atoms with Crippen LogP contribution in [0.1, 0.15) is 11.1 Å². The predicted octanol–water partition coefficient (Wildman–Crippen LogP) is -0.428. The largest absolute Gasteiger partial charge is 0.471 e. The van der Waals surface area contributed by atoms with Gasteiger partial charge < -0.3 is 29.7 Å². The quantitative estimate of drug-likeness (QED) is 0.327. The van der Waals surface area contributed by atoms with E-state index in [9.17, 15) is 37.8 Å². The van der Waals surface area contributed by atoms with Crippen LogP contribution in [0.25, 0.3) is 0 Å². The number of amides is 1. The highest BCUT2D eigenvalue weighted by atomic mass is 19.4. The summed E-state index contributed by atoms with van der Waals surface area (Å²) >= 11 is 0. The maximum atomic E-state index is 12.8. The van der Waals surface area contributed by atoms with Gasteiger partial charge in [-0.25, -0.2) is 4.79 Å². The van der Waals surface area contributed by atoms with Crippen molar-refractivity contribution < 1.29 is 42.4 Å². The van der Waals surface area contributed by atoms with Crippen LogP contribution in [0.2, 0.25) is 0 Å². The molecule has 11 nitrogen and oxygen atoms in total. The van der Waals surface area contributed by atoms with E-state index in [1.807, 2.05) is 30.3 Å². The van der Waals surface area contributed by atoms with Crippen molar-refractivity contribution in [3.63, 3.8) is 0 Å². The molecule has 198 valence electrons. The maximum Gasteiger partial charge on any atom is 0.471 e. The number of halogens is 3. The lowest BCUT2D eigenvalue weighted by Gasteiger charge is -2.42. The third kappa shape index (κ3) is 7.01. The van der Waals surface area contributed by atoms with Gasteiger partial charge in [-0.05, 0) is 12.5 Å². The Morgan fingerprint density at radius 2 is 1.86 bits per heavy atom. The Bertz CT molecular complexity index is 1140. The van der Waals surface area contributed by atoms with Gasteiger partial charge in [0, 0.05) is 11.8 Å². The summed E-state index contributed by atoms with van der Waals surface area (Å²) in [4.78, 5) is 37.3. The third-order valence-electron chi connectivity index (χ3n) is 5.44. The molecule has 0 radical (unpaired) electrons. The zero-order chi connectivity index (χ0) is 26.5. The van der Waals surface area contributed by atoms with Gasteiger partial charge in [0.1, 0.15) is 24.4 Å². The Morgan fingerprint density at radius 1 is 1.17 bits per heavy atom. The van der Waals surface area contributed by atoms with E-state index in [1.165, 1.54) is 13.1 Å². The molecule has 1 fully saturated rings. The molecule has 1 aliphatic rings. The number of rotatable bonds is 9. The van der Waals surface area contributed by atoms with Crippen LogP contribution in [0.5, 0.6) is 0 Å². The monoisotopic (exact) mass is 517 g/mol. The number of benzene rings is 1. The van der Waals surface area contributed by atoms with Gasteiger partial charge in [0.15, 0.2) is 6.29 Å². The smallest absolute Gasteiger partial charge is 0.388 e. The van der Waals surface area contributed by atoms with Crippen molar-refractivity contribution >= 4 is 5.91 Å². The Hall–Kier alpha value is -3.04. The number of aromatic amines is 1. The maximum absolute atomic E-state index is 12.8. The lowest BCUT2D eigenvalue weighted by molar-refractivity contribution is -0.270. The molecule has 0 aliphatic carbocycles. The van der Waals surface area contributed by atoms with Crippen molar-refractivity contribution in [2.24, 2.45) is 0 Å². The SMILES string of the molecule is Cc1cn(C[C@H]2O[C@@H](OCCOCc3ccccc3)[C@H](NC(=O)C(F)(F)F)[C@@H](O)[C@@H]2O)c(=O)[nH]c1=O. The number of ether oxygens (including phenoxy) is 3. The number of carbonyl (C=O) groups excluding carboxylic acids is 1. The summed E-state index contributed by atoms with van der Waals surface area (Å²) in [6.45, 7) is 1.10. The fourth-order valence-electron chi connectivity index (χ4n) is 3.55. The van der Waals surface area contributed by atoms with E-state index in [2.05, 4.69) is 4.98 Å². The van der Waals surface area contributed by atoms with Crippen LogP contribution in [0.4, 0.5) is 13.2 Å². The fourth-order valence-corrected chi connectivity index (χ4v) is 3.55. The van der Waals surface area contributed by atoms with Crippen LogP contribution in [0.15, 0.2) is 46.1 Å². The van der Waals surface area contributed by atoms with Crippen molar-refractivity contribution in [3.8, 4) is 0 Å². The van der Waals surface area contributed by atoms with Crippen LogP contribution < -0.4 is 16.6 Å². The average molecular weight is 517 g/mol. The highest BCUT2D eigenvalue weighted by Crippen LogP contribution is 2.25. The van der Waals surface area contributed by atoms with E-state index in [4.69, 9.17) is 14.2 Å². The third-order valence-corrected chi connectivity index (χ3v) is 5.44. The highest BCUT2D eigenvalue weighted by molar-refractivity contribution is 5.82. The minimum absolute atomic E-state index is 0.00339. The summed E-state index contributed by atoms with van der Waals surface area (Å²) in [6.07, 6.45) is -10.8. The summed E-state index contributed by atoms with van der Waals surface area (Å²) in [7, 11) is 0. The Balaban J connectivity index is 1.71. The number of aliphatic hydroxyl groups is 2. The normalized spacial score (nSPS) is 24.4. The molecule has 2 heterocycles. The number of aliphatic hydroxyl groups excluding tert-OH is 2. The first-order valence-corrected chi connectivity index (χ1v) is 10.9. The number of alkyl halides is 3.